The van der Waals surface area contributed by atoms with Crippen LogP contribution in [0.2, 0.25) is 5.02 Å². The number of aromatic nitrogens is 3. The third kappa shape index (κ3) is 4.37. The highest BCUT2D eigenvalue weighted by Gasteiger charge is 2.29. The maximum Gasteiger partial charge on any atom is 0.243 e. The van der Waals surface area contributed by atoms with Gasteiger partial charge in [0.2, 0.25) is 10.0 Å². The maximum absolute atomic E-state index is 13.5. The van der Waals surface area contributed by atoms with Crippen LogP contribution in [0.4, 0.5) is 4.39 Å². The zero-order valence-electron chi connectivity index (χ0n) is 17.6. The highest BCUT2D eigenvalue weighted by Crippen LogP contribution is 2.24. The van der Waals surface area contributed by atoms with Crippen LogP contribution in [0.25, 0.3) is 16.9 Å². The summed E-state index contributed by atoms with van der Waals surface area (Å²) in [6.07, 6.45) is 1.70. The number of rotatable bonds is 5. The van der Waals surface area contributed by atoms with Crippen molar-refractivity contribution in [3.8, 4) is 5.69 Å². The quantitative estimate of drug-likeness (QED) is 0.431. The van der Waals surface area contributed by atoms with Gasteiger partial charge in [-0.25, -0.2) is 22.8 Å². The summed E-state index contributed by atoms with van der Waals surface area (Å²) in [6.45, 7) is 2.35. The number of imidazole rings is 1. The van der Waals surface area contributed by atoms with E-state index in [0.717, 1.165) is 17.0 Å². The summed E-state index contributed by atoms with van der Waals surface area (Å²) in [4.78, 5) is 11.6. The first-order valence-corrected chi connectivity index (χ1v) is 12.3. The Kier molecular flexibility index (Phi) is 5.88. The second-order valence-corrected chi connectivity index (χ2v) is 10.2. The Balaban J connectivity index is 1.37. The van der Waals surface area contributed by atoms with Gasteiger partial charge in [-0.05, 0) is 54.6 Å². The molecule has 0 N–H and O–H groups in total. The van der Waals surface area contributed by atoms with Crippen molar-refractivity contribution in [1.82, 2.24) is 23.7 Å². The van der Waals surface area contributed by atoms with E-state index in [9.17, 15) is 12.8 Å². The Morgan fingerprint density at radius 3 is 2.45 bits per heavy atom. The van der Waals surface area contributed by atoms with Crippen LogP contribution in [0.15, 0.2) is 71.8 Å². The van der Waals surface area contributed by atoms with Gasteiger partial charge < -0.3 is 0 Å². The highest BCUT2D eigenvalue weighted by molar-refractivity contribution is 7.89. The van der Waals surface area contributed by atoms with E-state index in [1.54, 1.807) is 36.5 Å². The van der Waals surface area contributed by atoms with Gasteiger partial charge in [-0.3, -0.25) is 9.47 Å². The van der Waals surface area contributed by atoms with Crippen LogP contribution >= 0.6 is 11.6 Å². The van der Waals surface area contributed by atoms with Crippen molar-refractivity contribution < 1.29 is 12.8 Å². The molecule has 0 unspecified atom stereocenters. The van der Waals surface area contributed by atoms with E-state index in [1.807, 2.05) is 16.7 Å². The molecule has 4 aromatic rings. The summed E-state index contributed by atoms with van der Waals surface area (Å²) in [6, 6.07) is 16.3. The number of hydrogen-bond acceptors (Lipinski definition) is 5. The van der Waals surface area contributed by atoms with Gasteiger partial charge in [0.15, 0.2) is 5.65 Å². The summed E-state index contributed by atoms with van der Waals surface area (Å²) in [7, 11) is -3.60. The van der Waals surface area contributed by atoms with Crippen molar-refractivity contribution in [2.75, 3.05) is 26.2 Å². The molecule has 1 fully saturated rings. The second kappa shape index (κ2) is 8.83. The van der Waals surface area contributed by atoms with Crippen molar-refractivity contribution in [2.45, 2.75) is 11.4 Å². The molecule has 2 aromatic heterocycles. The molecule has 170 valence electrons. The Morgan fingerprint density at radius 1 is 0.970 bits per heavy atom. The lowest BCUT2D eigenvalue weighted by atomic mass is 10.3. The molecule has 0 aliphatic carbocycles. The molecule has 0 atom stereocenters. The van der Waals surface area contributed by atoms with Gasteiger partial charge in [0, 0.05) is 43.1 Å². The van der Waals surface area contributed by atoms with E-state index in [4.69, 9.17) is 16.6 Å². The Bertz CT molecular complexity index is 1400. The average molecular weight is 486 g/mol. The van der Waals surface area contributed by atoms with E-state index >= 15 is 0 Å². The smallest absolute Gasteiger partial charge is 0.243 e. The number of hydrogen-bond donors (Lipinski definition) is 0. The number of pyridine rings is 1. The molecule has 10 heteroatoms. The molecule has 0 amide bonds. The Morgan fingerprint density at radius 2 is 1.73 bits per heavy atom. The number of nitrogens with zero attached hydrogens (tertiary/aromatic N) is 5. The Hall–Kier alpha value is -2.85. The predicted molar refractivity (Wildman–Crippen MR) is 124 cm³/mol. The number of halogens is 2. The second-order valence-electron chi connectivity index (χ2n) is 7.82. The molecule has 3 heterocycles. The van der Waals surface area contributed by atoms with E-state index in [0.29, 0.717) is 43.4 Å². The van der Waals surface area contributed by atoms with Crippen LogP contribution in [0.5, 0.6) is 0 Å². The zero-order valence-corrected chi connectivity index (χ0v) is 19.2. The molecule has 33 heavy (non-hydrogen) atoms. The van der Waals surface area contributed by atoms with Gasteiger partial charge in [0.25, 0.3) is 0 Å². The molecule has 1 aliphatic rings. The molecule has 5 rings (SSSR count). The lowest BCUT2D eigenvalue weighted by molar-refractivity contribution is 0.177. The number of fused-ring (bicyclic) bond motifs is 1. The van der Waals surface area contributed by atoms with Crippen LogP contribution < -0.4 is 0 Å². The fourth-order valence-electron chi connectivity index (χ4n) is 4.03. The largest absolute Gasteiger partial charge is 0.293 e. The molecule has 0 radical (unpaired) electrons. The van der Waals surface area contributed by atoms with Crippen molar-refractivity contribution in [1.29, 1.82) is 0 Å². The number of piperazine rings is 1. The normalized spacial score (nSPS) is 15.8. The fourth-order valence-corrected chi connectivity index (χ4v) is 5.75. The van der Waals surface area contributed by atoms with Gasteiger partial charge in [0.05, 0.1) is 11.4 Å². The van der Waals surface area contributed by atoms with Crippen LogP contribution in [0.3, 0.4) is 0 Å². The SMILES string of the molecule is O=S(=O)(c1cccc(Cl)c1)N1CCN(Cc2nc3cccnc3n2-c2ccc(F)cc2)CC1. The molecule has 0 bridgehead atoms. The fraction of sp³-hybridized carbons (Fsp3) is 0.217. The van der Waals surface area contributed by atoms with E-state index < -0.39 is 10.0 Å². The van der Waals surface area contributed by atoms with E-state index in [2.05, 4.69) is 9.88 Å². The molecule has 7 nitrogen and oxygen atoms in total. The molecule has 0 saturated carbocycles. The average Bonchev–Trinajstić information content (AvgIpc) is 3.18. The summed E-state index contributed by atoms with van der Waals surface area (Å²) in [5.41, 5.74) is 2.22. The topological polar surface area (TPSA) is 71.3 Å². The zero-order chi connectivity index (χ0) is 23.0. The summed E-state index contributed by atoms with van der Waals surface area (Å²) < 4.78 is 42.9. The molecule has 2 aromatic carbocycles. The lowest BCUT2D eigenvalue weighted by Crippen LogP contribution is -2.48. The minimum absolute atomic E-state index is 0.202. The molecule has 1 saturated heterocycles. The molecular formula is C23H21ClFN5O2S. The minimum atomic E-state index is -3.60. The standard InChI is InChI=1S/C23H21ClFN5O2S/c24-17-3-1-4-20(15-17)33(31,32)29-13-11-28(12-14-29)16-22-27-21-5-2-10-26-23(21)30(22)19-8-6-18(25)7-9-19/h1-10,15H,11-14,16H2. The van der Waals surface area contributed by atoms with Crippen LogP contribution in [-0.4, -0.2) is 58.3 Å². The third-order valence-corrected chi connectivity index (χ3v) is 7.83. The van der Waals surface area contributed by atoms with Gasteiger partial charge in [-0.2, -0.15) is 4.31 Å². The molecule has 0 spiro atoms. The summed E-state index contributed by atoms with van der Waals surface area (Å²) in [5.74, 6) is 0.455. The van der Waals surface area contributed by atoms with Crippen molar-refractivity contribution in [3.63, 3.8) is 0 Å². The van der Waals surface area contributed by atoms with Crippen molar-refractivity contribution in [2.24, 2.45) is 0 Å². The van der Waals surface area contributed by atoms with E-state index in [-0.39, 0.29) is 10.7 Å². The van der Waals surface area contributed by atoms with Crippen molar-refractivity contribution >= 4 is 32.8 Å². The maximum atomic E-state index is 13.5. The summed E-state index contributed by atoms with van der Waals surface area (Å²) in [5, 5.41) is 0.392. The number of benzene rings is 2. The van der Waals surface area contributed by atoms with Gasteiger partial charge >= 0.3 is 0 Å². The highest BCUT2D eigenvalue weighted by atomic mass is 35.5. The third-order valence-electron chi connectivity index (χ3n) is 5.70. The number of sulfonamides is 1. The monoisotopic (exact) mass is 485 g/mol. The van der Waals surface area contributed by atoms with Gasteiger partial charge in [-0.1, -0.05) is 17.7 Å². The van der Waals surface area contributed by atoms with Gasteiger partial charge in [-0.15, -0.1) is 0 Å². The Labute approximate surface area is 196 Å². The predicted octanol–water partition coefficient (Wildman–Crippen LogP) is 3.72. The molecular weight excluding hydrogens is 465 g/mol. The summed E-state index contributed by atoms with van der Waals surface area (Å²) >= 11 is 5.98. The first-order valence-electron chi connectivity index (χ1n) is 10.5. The first-order chi connectivity index (χ1) is 15.9. The van der Waals surface area contributed by atoms with Crippen LogP contribution in [-0.2, 0) is 16.6 Å². The van der Waals surface area contributed by atoms with Crippen molar-refractivity contribution in [3.05, 3.63) is 83.5 Å². The minimum Gasteiger partial charge on any atom is -0.293 e. The van der Waals surface area contributed by atoms with E-state index in [1.165, 1.54) is 22.5 Å². The molecule has 1 aliphatic heterocycles. The van der Waals surface area contributed by atoms with Crippen LogP contribution in [0.1, 0.15) is 5.82 Å². The first kappa shape index (κ1) is 22.0. The van der Waals surface area contributed by atoms with Gasteiger partial charge in [0.1, 0.15) is 17.2 Å². The lowest BCUT2D eigenvalue weighted by Gasteiger charge is -2.33. The van der Waals surface area contributed by atoms with Crippen LogP contribution in [0, 0.1) is 5.82 Å².